The summed E-state index contributed by atoms with van der Waals surface area (Å²) in [4.78, 5) is 18.6. The number of nitrogens with one attached hydrogen (secondary N) is 1. The predicted octanol–water partition coefficient (Wildman–Crippen LogP) is 2.31. The van der Waals surface area contributed by atoms with Gasteiger partial charge in [-0.2, -0.15) is 0 Å². The number of thiazole rings is 1. The maximum absolute atomic E-state index is 10.9. The summed E-state index contributed by atoms with van der Waals surface area (Å²) in [5.41, 5.74) is 0. The maximum Gasteiger partial charge on any atom is 0.406 e. The summed E-state index contributed by atoms with van der Waals surface area (Å²) in [7, 11) is 1.76. The lowest BCUT2D eigenvalue weighted by molar-refractivity contribution is -0.388. The Morgan fingerprint density at radius 2 is 2.37 bits per heavy atom. The lowest BCUT2D eigenvalue weighted by atomic mass is 10.2. The molecule has 8 heteroatoms. The Balaban J connectivity index is 2.13. The SMILES string of the molecule is Cc1nc([N+](=O)[O-])c(NCC(C)c2nccs2)n1C. The van der Waals surface area contributed by atoms with Crippen molar-refractivity contribution in [1.29, 1.82) is 0 Å². The quantitative estimate of drug-likeness (QED) is 0.671. The Hall–Kier alpha value is -1.96. The number of nitro groups is 1. The van der Waals surface area contributed by atoms with Crippen molar-refractivity contribution in [1.82, 2.24) is 14.5 Å². The molecule has 1 N–H and O–H groups in total. The second kappa shape index (κ2) is 5.35. The van der Waals surface area contributed by atoms with Gasteiger partial charge in [0.15, 0.2) is 0 Å². The van der Waals surface area contributed by atoms with Crippen LogP contribution in [0.2, 0.25) is 0 Å². The van der Waals surface area contributed by atoms with E-state index in [0.717, 1.165) is 5.01 Å². The largest absolute Gasteiger partial charge is 0.406 e. The summed E-state index contributed by atoms with van der Waals surface area (Å²) in [6.45, 7) is 4.34. The van der Waals surface area contributed by atoms with Crippen molar-refractivity contribution in [3.63, 3.8) is 0 Å². The molecule has 2 rings (SSSR count). The normalized spacial score (nSPS) is 12.4. The molecule has 1 atom stereocenters. The van der Waals surface area contributed by atoms with Gasteiger partial charge in [0.05, 0.1) is 5.01 Å². The summed E-state index contributed by atoms with van der Waals surface area (Å²) in [6, 6.07) is 0. The molecule has 0 spiro atoms. The molecular weight excluding hydrogens is 266 g/mol. The average Bonchev–Trinajstić information content (AvgIpc) is 2.97. The van der Waals surface area contributed by atoms with Crippen molar-refractivity contribution in [3.8, 4) is 0 Å². The van der Waals surface area contributed by atoms with Gasteiger partial charge in [0, 0.05) is 38.0 Å². The van der Waals surface area contributed by atoms with Crippen LogP contribution in [0.25, 0.3) is 0 Å². The molecule has 2 aromatic rings. The molecular formula is C11H15N5O2S. The van der Waals surface area contributed by atoms with Crippen molar-refractivity contribution in [2.45, 2.75) is 19.8 Å². The molecule has 0 fully saturated rings. The zero-order valence-electron chi connectivity index (χ0n) is 11.0. The van der Waals surface area contributed by atoms with Gasteiger partial charge in [-0.25, -0.2) is 4.98 Å². The van der Waals surface area contributed by atoms with E-state index in [0.29, 0.717) is 18.2 Å². The first kappa shape index (κ1) is 13.5. The average molecular weight is 281 g/mol. The number of anilines is 1. The van der Waals surface area contributed by atoms with Gasteiger partial charge in [0.2, 0.25) is 11.6 Å². The van der Waals surface area contributed by atoms with Crippen molar-refractivity contribution < 1.29 is 4.92 Å². The van der Waals surface area contributed by atoms with E-state index in [9.17, 15) is 10.1 Å². The number of aromatic nitrogens is 3. The van der Waals surface area contributed by atoms with Crippen LogP contribution < -0.4 is 5.32 Å². The molecule has 0 aromatic carbocycles. The highest BCUT2D eigenvalue weighted by Gasteiger charge is 2.23. The van der Waals surface area contributed by atoms with E-state index in [1.165, 1.54) is 0 Å². The Morgan fingerprint density at radius 1 is 1.63 bits per heavy atom. The van der Waals surface area contributed by atoms with Crippen LogP contribution in [0.1, 0.15) is 23.7 Å². The molecule has 102 valence electrons. The summed E-state index contributed by atoms with van der Waals surface area (Å²) >= 11 is 1.58. The van der Waals surface area contributed by atoms with Crippen LogP contribution in [-0.4, -0.2) is 26.0 Å². The first-order valence-electron chi connectivity index (χ1n) is 5.81. The number of nitrogens with zero attached hydrogens (tertiary/aromatic N) is 4. The van der Waals surface area contributed by atoms with Gasteiger partial charge in [-0.15, -0.1) is 11.3 Å². The second-order valence-corrected chi connectivity index (χ2v) is 5.23. The van der Waals surface area contributed by atoms with E-state index in [1.54, 1.807) is 36.1 Å². The van der Waals surface area contributed by atoms with Crippen molar-refractivity contribution >= 4 is 23.0 Å². The van der Waals surface area contributed by atoms with Crippen LogP contribution in [-0.2, 0) is 7.05 Å². The highest BCUT2D eigenvalue weighted by Crippen LogP contribution is 2.25. The fourth-order valence-corrected chi connectivity index (χ4v) is 2.43. The summed E-state index contributed by atoms with van der Waals surface area (Å²) < 4.78 is 1.69. The Morgan fingerprint density at radius 3 is 2.95 bits per heavy atom. The first-order valence-corrected chi connectivity index (χ1v) is 6.69. The van der Waals surface area contributed by atoms with Crippen LogP contribution >= 0.6 is 11.3 Å². The van der Waals surface area contributed by atoms with Crippen LogP contribution in [0.3, 0.4) is 0 Å². The number of aryl methyl sites for hydroxylation is 1. The van der Waals surface area contributed by atoms with Gasteiger partial charge in [0.25, 0.3) is 0 Å². The van der Waals surface area contributed by atoms with Crippen LogP contribution in [0.5, 0.6) is 0 Å². The molecule has 0 saturated heterocycles. The van der Waals surface area contributed by atoms with Crippen molar-refractivity contribution in [2.24, 2.45) is 7.05 Å². The Labute approximate surface area is 114 Å². The fourth-order valence-electron chi connectivity index (χ4n) is 1.73. The predicted molar refractivity (Wildman–Crippen MR) is 73.6 cm³/mol. The number of rotatable bonds is 5. The lowest BCUT2D eigenvalue weighted by Crippen LogP contribution is -2.13. The van der Waals surface area contributed by atoms with Gasteiger partial charge < -0.3 is 15.4 Å². The molecule has 7 nitrogen and oxygen atoms in total. The molecule has 0 aliphatic carbocycles. The maximum atomic E-state index is 10.9. The zero-order chi connectivity index (χ0) is 14.0. The number of hydrogen-bond donors (Lipinski definition) is 1. The monoisotopic (exact) mass is 281 g/mol. The molecule has 0 radical (unpaired) electrons. The zero-order valence-corrected chi connectivity index (χ0v) is 11.8. The molecule has 2 heterocycles. The first-order chi connectivity index (χ1) is 9.00. The Kier molecular flexibility index (Phi) is 3.79. The standard InChI is InChI=1S/C11H15N5O2S/c1-7(11-12-4-5-19-11)6-13-9-10(16(17)18)14-8(2)15(9)3/h4-5,7,13H,6H2,1-3H3. The molecule has 0 aliphatic heterocycles. The second-order valence-electron chi connectivity index (χ2n) is 4.30. The molecule has 0 bridgehead atoms. The highest BCUT2D eigenvalue weighted by molar-refractivity contribution is 7.09. The van der Waals surface area contributed by atoms with Crippen LogP contribution in [0.15, 0.2) is 11.6 Å². The lowest BCUT2D eigenvalue weighted by Gasteiger charge is -2.11. The van der Waals surface area contributed by atoms with E-state index < -0.39 is 4.92 Å². The molecule has 0 aliphatic rings. The third kappa shape index (κ3) is 2.73. The van der Waals surface area contributed by atoms with Crippen LogP contribution in [0.4, 0.5) is 11.6 Å². The molecule has 0 saturated carbocycles. The molecule has 0 amide bonds. The minimum absolute atomic E-state index is 0.133. The van der Waals surface area contributed by atoms with Gasteiger partial charge in [-0.3, -0.25) is 4.57 Å². The van der Waals surface area contributed by atoms with Gasteiger partial charge in [0.1, 0.15) is 0 Å². The Bertz CT molecular complexity index is 578. The fraction of sp³-hybridized carbons (Fsp3) is 0.455. The summed E-state index contributed by atoms with van der Waals surface area (Å²) in [5.74, 6) is 1.10. The number of hydrogen-bond acceptors (Lipinski definition) is 6. The molecule has 19 heavy (non-hydrogen) atoms. The minimum atomic E-state index is -0.469. The third-order valence-electron chi connectivity index (χ3n) is 2.92. The summed E-state index contributed by atoms with van der Waals surface area (Å²) in [5, 5.41) is 17.0. The van der Waals surface area contributed by atoms with E-state index in [-0.39, 0.29) is 11.7 Å². The highest BCUT2D eigenvalue weighted by atomic mass is 32.1. The van der Waals surface area contributed by atoms with Gasteiger partial charge >= 0.3 is 5.82 Å². The van der Waals surface area contributed by atoms with Crippen LogP contribution in [0, 0.1) is 17.0 Å². The topological polar surface area (TPSA) is 85.9 Å². The molecule has 1 unspecified atom stereocenters. The number of imidazole rings is 1. The van der Waals surface area contributed by atoms with E-state index >= 15 is 0 Å². The minimum Gasteiger partial charge on any atom is -0.364 e. The van der Waals surface area contributed by atoms with E-state index in [4.69, 9.17) is 0 Å². The van der Waals surface area contributed by atoms with Gasteiger partial charge in [-0.1, -0.05) is 6.92 Å². The molecule has 2 aromatic heterocycles. The van der Waals surface area contributed by atoms with Gasteiger partial charge in [-0.05, 0) is 9.91 Å². The van der Waals surface area contributed by atoms with E-state index in [1.807, 2.05) is 12.3 Å². The van der Waals surface area contributed by atoms with Crippen molar-refractivity contribution in [3.05, 3.63) is 32.5 Å². The van der Waals surface area contributed by atoms with Crippen molar-refractivity contribution in [2.75, 3.05) is 11.9 Å². The summed E-state index contributed by atoms with van der Waals surface area (Å²) in [6.07, 6.45) is 1.76. The smallest absolute Gasteiger partial charge is 0.364 e. The third-order valence-corrected chi connectivity index (χ3v) is 3.93. The van der Waals surface area contributed by atoms with E-state index in [2.05, 4.69) is 15.3 Å².